The van der Waals surface area contributed by atoms with Crippen molar-refractivity contribution in [2.45, 2.75) is 62.7 Å². The maximum Gasteiger partial charge on any atom is 0.462 e. The highest BCUT2D eigenvalue weighted by Gasteiger charge is 2.84. The van der Waals surface area contributed by atoms with E-state index in [1.54, 1.807) is 0 Å². The number of rotatable bonds is 11. The molecule has 1 rings (SSSR count). The molecule has 0 amide bonds. The summed E-state index contributed by atoms with van der Waals surface area (Å²) in [5.41, 5.74) is -3.95. The topological polar surface area (TPSA) is 102 Å². The fourth-order valence-corrected chi connectivity index (χ4v) is 2.69. The number of carbonyl (C=O) groups is 2. The standard InChI is InChI=1S/C18H10F16O7/c1-4-6(9(35)36)3-7(5(2)8(4)10(37)38)39-12(20,21)11(19)40-18(33,34)14(24,16(28,29)30)41-17(31,32)13(22,23)15(25,26)27/h3,11H,1-2H3,(H,35,36)(H,37,38). The molecule has 23 heteroatoms. The lowest BCUT2D eigenvalue weighted by Gasteiger charge is -2.38. The number of benzene rings is 1. The zero-order chi connectivity index (χ0) is 32.9. The van der Waals surface area contributed by atoms with Crippen molar-refractivity contribution in [2.24, 2.45) is 0 Å². The van der Waals surface area contributed by atoms with Crippen LogP contribution in [-0.4, -0.2) is 71.0 Å². The average molecular weight is 642 g/mol. The smallest absolute Gasteiger partial charge is 0.462 e. The van der Waals surface area contributed by atoms with Gasteiger partial charge < -0.3 is 14.9 Å². The van der Waals surface area contributed by atoms with E-state index in [4.69, 9.17) is 10.2 Å². The summed E-state index contributed by atoms with van der Waals surface area (Å²) in [6, 6.07) is 0.0241. The Kier molecular flexibility index (Phi) is 9.21. The fourth-order valence-electron chi connectivity index (χ4n) is 2.69. The van der Waals surface area contributed by atoms with Gasteiger partial charge in [-0.1, -0.05) is 0 Å². The molecule has 7 nitrogen and oxygen atoms in total. The first-order valence-corrected chi connectivity index (χ1v) is 9.53. The van der Waals surface area contributed by atoms with Crippen LogP contribution in [0.3, 0.4) is 0 Å². The summed E-state index contributed by atoms with van der Waals surface area (Å²) < 4.78 is 218. The van der Waals surface area contributed by atoms with E-state index in [1.807, 2.05) is 0 Å². The van der Waals surface area contributed by atoms with E-state index >= 15 is 0 Å². The zero-order valence-electron chi connectivity index (χ0n) is 19.1. The number of hydrogen-bond donors (Lipinski definition) is 2. The summed E-state index contributed by atoms with van der Waals surface area (Å²) >= 11 is 0. The van der Waals surface area contributed by atoms with Gasteiger partial charge in [0.1, 0.15) is 5.75 Å². The number of ether oxygens (including phenoxy) is 3. The molecule has 0 heterocycles. The monoisotopic (exact) mass is 642 g/mol. The van der Waals surface area contributed by atoms with E-state index in [1.165, 1.54) is 4.74 Å². The van der Waals surface area contributed by atoms with E-state index in [2.05, 4.69) is 9.47 Å². The van der Waals surface area contributed by atoms with Crippen molar-refractivity contribution in [3.63, 3.8) is 0 Å². The molecule has 0 aliphatic rings. The molecule has 41 heavy (non-hydrogen) atoms. The van der Waals surface area contributed by atoms with Gasteiger partial charge in [0, 0.05) is 5.56 Å². The molecule has 2 unspecified atom stereocenters. The number of hydrogen-bond acceptors (Lipinski definition) is 5. The van der Waals surface area contributed by atoms with E-state index in [9.17, 15) is 79.8 Å². The molecule has 0 saturated heterocycles. The van der Waals surface area contributed by atoms with Crippen molar-refractivity contribution < 1.29 is 104 Å². The van der Waals surface area contributed by atoms with Crippen molar-refractivity contribution in [1.29, 1.82) is 0 Å². The first-order valence-electron chi connectivity index (χ1n) is 9.53. The fraction of sp³-hybridized carbons (Fsp3) is 0.556. The molecule has 0 radical (unpaired) electrons. The van der Waals surface area contributed by atoms with Gasteiger partial charge in [0.2, 0.25) is 0 Å². The van der Waals surface area contributed by atoms with E-state index in [-0.39, 0.29) is 6.07 Å². The second-order valence-corrected chi connectivity index (χ2v) is 7.56. The van der Waals surface area contributed by atoms with Gasteiger partial charge in [0.05, 0.1) is 11.1 Å². The minimum atomic E-state index is -7.90. The Labute approximate surface area is 214 Å². The van der Waals surface area contributed by atoms with Crippen LogP contribution in [0.4, 0.5) is 70.2 Å². The van der Waals surface area contributed by atoms with E-state index in [0.717, 1.165) is 6.92 Å². The Morgan fingerprint density at radius 1 is 0.732 bits per heavy atom. The van der Waals surface area contributed by atoms with Crippen molar-refractivity contribution in [3.8, 4) is 5.75 Å². The van der Waals surface area contributed by atoms with Crippen molar-refractivity contribution in [1.82, 2.24) is 0 Å². The number of aromatic carboxylic acids is 2. The normalized spacial score (nSPS) is 16.2. The van der Waals surface area contributed by atoms with Gasteiger partial charge in [-0.3, -0.25) is 9.47 Å². The van der Waals surface area contributed by atoms with Gasteiger partial charge in [-0.15, -0.1) is 0 Å². The number of carboxylic acids is 2. The lowest BCUT2D eigenvalue weighted by atomic mass is 9.96. The van der Waals surface area contributed by atoms with Gasteiger partial charge in [0.25, 0.3) is 0 Å². The zero-order valence-corrected chi connectivity index (χ0v) is 19.1. The summed E-state index contributed by atoms with van der Waals surface area (Å²) in [5, 5.41) is 18.2. The quantitative estimate of drug-likeness (QED) is 0.262. The van der Waals surface area contributed by atoms with Crippen LogP contribution in [0.1, 0.15) is 31.8 Å². The Bertz CT molecular complexity index is 1180. The Morgan fingerprint density at radius 2 is 1.20 bits per heavy atom. The number of halogens is 16. The van der Waals surface area contributed by atoms with Crippen LogP contribution in [0.15, 0.2) is 6.07 Å². The van der Waals surface area contributed by atoms with Gasteiger partial charge >= 0.3 is 60.8 Å². The maximum absolute atomic E-state index is 14.1. The van der Waals surface area contributed by atoms with Crippen molar-refractivity contribution in [2.75, 3.05) is 0 Å². The molecule has 0 aromatic heterocycles. The highest BCUT2D eigenvalue weighted by atomic mass is 19.4. The van der Waals surface area contributed by atoms with E-state index in [0.29, 0.717) is 6.92 Å². The second-order valence-electron chi connectivity index (χ2n) is 7.56. The molecule has 1 aromatic rings. The average Bonchev–Trinajstić information content (AvgIpc) is 2.72. The van der Waals surface area contributed by atoms with Crippen LogP contribution < -0.4 is 4.74 Å². The first kappa shape index (κ1) is 35.8. The van der Waals surface area contributed by atoms with Crippen LogP contribution in [0.2, 0.25) is 0 Å². The molecule has 0 spiro atoms. The largest absolute Gasteiger partial charge is 0.478 e. The van der Waals surface area contributed by atoms with Gasteiger partial charge in [-0.2, -0.15) is 65.9 Å². The third kappa shape index (κ3) is 6.48. The van der Waals surface area contributed by atoms with Crippen molar-refractivity contribution in [3.05, 3.63) is 28.3 Å². The molecule has 236 valence electrons. The van der Waals surface area contributed by atoms with Crippen LogP contribution in [0.25, 0.3) is 0 Å². The molecule has 0 bridgehead atoms. The second kappa shape index (κ2) is 10.5. The summed E-state index contributed by atoms with van der Waals surface area (Å²) in [6.07, 6.45) is -42.6. The van der Waals surface area contributed by atoms with Crippen LogP contribution in [0.5, 0.6) is 5.75 Å². The van der Waals surface area contributed by atoms with E-state index < -0.39 is 88.8 Å². The summed E-state index contributed by atoms with van der Waals surface area (Å²) in [4.78, 5) is 22.5. The van der Waals surface area contributed by atoms with Crippen molar-refractivity contribution >= 4 is 11.9 Å². The van der Waals surface area contributed by atoms with Gasteiger partial charge in [0.15, 0.2) is 0 Å². The lowest BCUT2D eigenvalue weighted by molar-refractivity contribution is -0.543. The van der Waals surface area contributed by atoms with Crippen LogP contribution in [-0.2, 0) is 9.47 Å². The molecule has 2 atom stereocenters. The van der Waals surface area contributed by atoms with Crippen LogP contribution >= 0.6 is 0 Å². The third-order valence-electron chi connectivity index (χ3n) is 4.73. The first-order chi connectivity index (χ1) is 17.9. The molecule has 0 aliphatic heterocycles. The number of carboxylic acid groups (broad SMARTS) is 2. The highest BCUT2D eigenvalue weighted by Crippen LogP contribution is 2.55. The highest BCUT2D eigenvalue weighted by molar-refractivity contribution is 5.98. The van der Waals surface area contributed by atoms with Crippen LogP contribution in [0, 0.1) is 13.8 Å². The van der Waals surface area contributed by atoms with Gasteiger partial charge in [-0.05, 0) is 25.5 Å². The minimum Gasteiger partial charge on any atom is -0.478 e. The molecular weight excluding hydrogens is 632 g/mol. The third-order valence-corrected chi connectivity index (χ3v) is 4.73. The SMILES string of the molecule is Cc1c(OC(F)(F)C(F)OC(F)(F)C(F)(OC(F)(F)C(F)(F)C(F)(F)F)C(F)(F)F)cc(C(=O)O)c(C)c1C(=O)O. The molecule has 0 aliphatic carbocycles. The Morgan fingerprint density at radius 3 is 1.56 bits per heavy atom. The minimum absolute atomic E-state index is 0.0241. The molecule has 2 N–H and O–H groups in total. The summed E-state index contributed by atoms with van der Waals surface area (Å²) in [6.45, 7) is 1.38. The molecule has 1 aromatic carbocycles. The Balaban J connectivity index is 3.57. The van der Waals surface area contributed by atoms with Gasteiger partial charge in [-0.25, -0.2) is 14.0 Å². The maximum atomic E-state index is 14.1. The predicted molar refractivity (Wildman–Crippen MR) is 93.3 cm³/mol. The molecular formula is C18H10F16O7. The molecule has 0 fully saturated rings. The predicted octanol–water partition coefficient (Wildman–Crippen LogP) is 6.61. The Hall–Kier alpha value is -3.24. The summed E-state index contributed by atoms with van der Waals surface area (Å²) in [5.74, 6) is -21.5. The molecule has 0 saturated carbocycles. The summed E-state index contributed by atoms with van der Waals surface area (Å²) in [7, 11) is 0. The number of alkyl halides is 16. The lowest BCUT2D eigenvalue weighted by Crippen LogP contribution is -2.66.